The van der Waals surface area contributed by atoms with Gasteiger partial charge in [0, 0.05) is 47.2 Å². The molecule has 11 heteroatoms. The van der Waals surface area contributed by atoms with Crippen molar-refractivity contribution in [3.8, 4) is 5.75 Å². The zero-order valence-electron chi connectivity index (χ0n) is 25.9. The number of benzene rings is 4. The van der Waals surface area contributed by atoms with Gasteiger partial charge < -0.3 is 19.9 Å². The van der Waals surface area contributed by atoms with E-state index in [1.54, 1.807) is 60.7 Å². The number of rotatable bonds is 14. The van der Waals surface area contributed by atoms with Gasteiger partial charge in [0.2, 0.25) is 5.90 Å². The van der Waals surface area contributed by atoms with Gasteiger partial charge in [0.05, 0.1) is 17.3 Å². The number of ether oxygens (including phenoxy) is 2. The van der Waals surface area contributed by atoms with E-state index in [1.807, 2.05) is 31.2 Å². The van der Waals surface area contributed by atoms with Gasteiger partial charge in [0.15, 0.2) is 21.5 Å². The van der Waals surface area contributed by atoms with Crippen LogP contribution in [0.4, 0.5) is 0 Å². The summed E-state index contributed by atoms with van der Waals surface area (Å²) >= 11 is 12.9. The normalized spacial score (nSPS) is 17.5. The molecule has 0 radical (unpaired) electrons. The number of nitrogens with zero attached hydrogens (tertiary/aromatic N) is 1. The minimum absolute atomic E-state index is 0.0204. The van der Waals surface area contributed by atoms with Crippen LogP contribution in [-0.4, -0.2) is 56.4 Å². The Balaban J connectivity index is 1.53. The Morgan fingerprint density at radius 2 is 1.72 bits per heavy atom. The second-order valence-corrected chi connectivity index (χ2v) is 14.3. The first-order valence-electron chi connectivity index (χ1n) is 15.3. The molecule has 1 aliphatic rings. The second-order valence-electron chi connectivity index (χ2n) is 11.3. The predicted octanol–water partition coefficient (Wildman–Crippen LogP) is 6.54. The number of carbonyl (C=O) groups excluding carboxylic acids is 1. The van der Waals surface area contributed by atoms with Crippen molar-refractivity contribution in [1.29, 1.82) is 0 Å². The van der Waals surface area contributed by atoms with Crippen LogP contribution < -0.4 is 10.1 Å². The highest BCUT2D eigenvalue weighted by molar-refractivity contribution is 7.91. The van der Waals surface area contributed by atoms with E-state index in [2.05, 4.69) is 5.32 Å². The highest BCUT2D eigenvalue weighted by Gasteiger charge is 2.54. The Morgan fingerprint density at radius 3 is 2.40 bits per heavy atom. The quantitative estimate of drug-likeness (QED) is 0.145. The Hall–Kier alpha value is -3.89. The molecule has 246 valence electrons. The van der Waals surface area contributed by atoms with Crippen LogP contribution in [0, 0.1) is 6.92 Å². The van der Waals surface area contributed by atoms with Crippen molar-refractivity contribution in [2.75, 3.05) is 25.5 Å². The van der Waals surface area contributed by atoms with Crippen molar-refractivity contribution in [2.45, 2.75) is 42.7 Å². The van der Waals surface area contributed by atoms with E-state index >= 15 is 0 Å². The molecule has 0 aromatic heterocycles. The predicted molar refractivity (Wildman–Crippen MR) is 184 cm³/mol. The molecule has 0 aliphatic carbocycles. The number of nitrogens with one attached hydrogen (secondary N) is 1. The molecular formula is C36H36Cl2N2O6S. The van der Waals surface area contributed by atoms with Crippen molar-refractivity contribution in [1.82, 2.24) is 5.32 Å². The summed E-state index contributed by atoms with van der Waals surface area (Å²) in [5.74, 6) is -0.106. The number of hydrogen-bond acceptors (Lipinski definition) is 7. The molecule has 0 saturated heterocycles. The first-order chi connectivity index (χ1) is 22.6. The van der Waals surface area contributed by atoms with E-state index in [1.165, 1.54) is 12.1 Å². The number of halogens is 2. The number of aryl methyl sites for hydroxylation is 1. The maximum atomic E-state index is 14.4. The van der Waals surface area contributed by atoms with Crippen molar-refractivity contribution in [3.05, 3.63) is 129 Å². The minimum Gasteiger partial charge on any atom is -0.494 e. The lowest BCUT2D eigenvalue weighted by Gasteiger charge is -2.31. The number of carbonyl (C=O) groups is 1. The maximum Gasteiger partial charge on any atom is 0.252 e. The molecule has 0 bridgehead atoms. The minimum atomic E-state index is -3.80. The molecule has 5 rings (SSSR count). The monoisotopic (exact) mass is 694 g/mol. The molecule has 1 aliphatic heterocycles. The van der Waals surface area contributed by atoms with Crippen LogP contribution in [0.2, 0.25) is 10.0 Å². The van der Waals surface area contributed by atoms with Crippen LogP contribution in [0.1, 0.15) is 41.2 Å². The third-order valence-corrected chi connectivity index (χ3v) is 10.2. The Labute approximate surface area is 285 Å². The van der Waals surface area contributed by atoms with Gasteiger partial charge >= 0.3 is 0 Å². The molecule has 0 saturated carbocycles. The summed E-state index contributed by atoms with van der Waals surface area (Å²) in [6.07, 6.45) is -0.190. The first kappa shape index (κ1) is 34.4. The largest absolute Gasteiger partial charge is 0.494 e. The fourth-order valence-electron chi connectivity index (χ4n) is 5.33. The van der Waals surface area contributed by atoms with E-state index in [-0.39, 0.29) is 34.6 Å². The van der Waals surface area contributed by atoms with Crippen LogP contribution >= 0.6 is 23.2 Å². The van der Waals surface area contributed by atoms with Crippen LogP contribution in [0.3, 0.4) is 0 Å². The summed E-state index contributed by atoms with van der Waals surface area (Å²) in [5, 5.41) is 12.7. The summed E-state index contributed by atoms with van der Waals surface area (Å²) in [6.45, 7) is 2.67. The van der Waals surface area contributed by atoms with Crippen molar-refractivity contribution < 1.29 is 27.8 Å². The number of aliphatic hydroxyl groups is 1. The van der Waals surface area contributed by atoms with Crippen LogP contribution in [0.15, 0.2) is 107 Å². The SMILES string of the molecule is Cc1ccc(CCNC(=O)[C@]2(CCS(=O)(=O)c3ccccc3)N=C(c3ccc(OCCCO)cc3)O[C@@H]2c2ccc(Cl)cc2Cl)cc1. The van der Waals surface area contributed by atoms with Gasteiger partial charge in [-0.05, 0) is 67.4 Å². The summed E-state index contributed by atoms with van der Waals surface area (Å²) in [4.78, 5) is 19.5. The zero-order chi connectivity index (χ0) is 33.4. The molecule has 0 fully saturated rings. The highest BCUT2D eigenvalue weighted by Crippen LogP contribution is 2.45. The molecule has 4 aromatic carbocycles. The summed E-state index contributed by atoms with van der Waals surface area (Å²) in [7, 11) is -3.80. The van der Waals surface area contributed by atoms with E-state index in [4.69, 9.17) is 42.8 Å². The van der Waals surface area contributed by atoms with Gasteiger partial charge in [0.1, 0.15) is 5.75 Å². The molecule has 8 nitrogen and oxygen atoms in total. The van der Waals surface area contributed by atoms with Crippen molar-refractivity contribution in [3.63, 3.8) is 0 Å². The summed E-state index contributed by atoms with van der Waals surface area (Å²) < 4.78 is 39.2. The number of aliphatic hydroxyl groups excluding tert-OH is 1. The molecule has 1 amide bonds. The second kappa shape index (κ2) is 15.3. The third-order valence-electron chi connectivity index (χ3n) is 7.95. The Bertz CT molecular complexity index is 1820. The number of sulfone groups is 1. The fraction of sp³-hybridized carbons (Fsp3) is 0.278. The third kappa shape index (κ3) is 8.34. The Kier molecular flexibility index (Phi) is 11.2. The topological polar surface area (TPSA) is 114 Å². The number of aliphatic imine (C=N–C) groups is 1. The smallest absolute Gasteiger partial charge is 0.252 e. The lowest BCUT2D eigenvalue weighted by atomic mass is 9.85. The molecule has 4 aromatic rings. The maximum absolute atomic E-state index is 14.4. The average Bonchev–Trinajstić information content (AvgIpc) is 3.46. The molecule has 2 atom stereocenters. The molecular weight excluding hydrogens is 659 g/mol. The number of hydrogen-bond donors (Lipinski definition) is 2. The summed E-state index contributed by atoms with van der Waals surface area (Å²) in [5.41, 5.74) is 1.49. The van der Waals surface area contributed by atoms with E-state index < -0.39 is 27.4 Å². The van der Waals surface area contributed by atoms with Gasteiger partial charge in [-0.25, -0.2) is 13.4 Å². The van der Waals surface area contributed by atoms with Gasteiger partial charge in [-0.3, -0.25) is 4.79 Å². The zero-order valence-corrected chi connectivity index (χ0v) is 28.2. The van der Waals surface area contributed by atoms with Gasteiger partial charge in [-0.2, -0.15) is 0 Å². The standard InChI is InChI=1S/C36H36Cl2N2O6S/c1-25-8-10-26(11-9-25)18-20-39-35(42)36(19-23-47(43,44)30-6-3-2-4-7-30)33(31-17-14-28(37)24-32(31)38)46-34(40-36)27-12-15-29(16-13-27)45-22-5-21-41/h2-4,6-17,24,33,41H,5,18-23H2,1H3,(H,39,42)/t33-,36-/m1/s1. The first-order valence-corrected chi connectivity index (χ1v) is 17.7. The lowest BCUT2D eigenvalue weighted by Crippen LogP contribution is -2.49. The molecule has 47 heavy (non-hydrogen) atoms. The molecule has 0 spiro atoms. The van der Waals surface area contributed by atoms with E-state index in [9.17, 15) is 13.2 Å². The van der Waals surface area contributed by atoms with Gasteiger partial charge in [0.25, 0.3) is 5.91 Å². The fourth-order valence-corrected chi connectivity index (χ4v) is 7.22. The van der Waals surface area contributed by atoms with Gasteiger partial charge in [-0.1, -0.05) is 77.3 Å². The highest BCUT2D eigenvalue weighted by atomic mass is 35.5. The Morgan fingerprint density at radius 1 is 1.00 bits per heavy atom. The van der Waals surface area contributed by atoms with Crippen LogP contribution in [-0.2, 0) is 25.8 Å². The summed E-state index contributed by atoms with van der Waals surface area (Å²) in [6, 6.07) is 28.0. The van der Waals surface area contributed by atoms with E-state index in [0.717, 1.165) is 11.1 Å². The van der Waals surface area contributed by atoms with Crippen molar-refractivity contribution >= 4 is 44.8 Å². The lowest BCUT2D eigenvalue weighted by molar-refractivity contribution is -0.129. The number of amides is 1. The molecule has 1 heterocycles. The molecule has 0 unspecified atom stereocenters. The van der Waals surface area contributed by atoms with Crippen LogP contribution in [0.25, 0.3) is 0 Å². The average molecular weight is 696 g/mol. The van der Waals surface area contributed by atoms with Crippen LogP contribution in [0.5, 0.6) is 5.75 Å². The van der Waals surface area contributed by atoms with Crippen molar-refractivity contribution in [2.24, 2.45) is 4.99 Å². The van der Waals surface area contributed by atoms with Gasteiger partial charge in [-0.15, -0.1) is 0 Å². The molecule has 2 N–H and O–H groups in total. The van der Waals surface area contributed by atoms with E-state index in [0.29, 0.717) is 47.9 Å².